The van der Waals surface area contributed by atoms with Crippen LogP contribution in [0, 0.1) is 10.8 Å². The Labute approximate surface area is 244 Å². The van der Waals surface area contributed by atoms with Crippen LogP contribution in [0.1, 0.15) is 65.5 Å². The highest BCUT2D eigenvalue weighted by atomic mass is 16.6. The van der Waals surface area contributed by atoms with Crippen LogP contribution in [-0.4, -0.2) is 55.0 Å². The van der Waals surface area contributed by atoms with E-state index in [4.69, 9.17) is 9.47 Å². The zero-order chi connectivity index (χ0) is 30.6. The molecule has 0 bridgehead atoms. The van der Waals surface area contributed by atoms with Gasteiger partial charge in [-0.05, 0) is 55.9 Å². The number of carbonyl (C=O) groups is 4. The van der Waals surface area contributed by atoms with Gasteiger partial charge in [-0.25, -0.2) is 4.79 Å². The molecular formula is C32H45N3O6. The molecule has 0 saturated heterocycles. The van der Waals surface area contributed by atoms with Crippen LogP contribution in [0.15, 0.2) is 54.6 Å². The number of nitrogens with zero attached hydrogens (tertiary/aromatic N) is 1. The number of hydrogen-bond acceptors (Lipinski definition) is 6. The van der Waals surface area contributed by atoms with Crippen molar-refractivity contribution in [3.8, 4) is 0 Å². The monoisotopic (exact) mass is 567 g/mol. The summed E-state index contributed by atoms with van der Waals surface area (Å²) in [6, 6.07) is 15.8. The number of hydrogen-bond donors (Lipinski definition) is 2. The van der Waals surface area contributed by atoms with Gasteiger partial charge in [0.05, 0.1) is 12.0 Å². The van der Waals surface area contributed by atoms with E-state index in [0.717, 1.165) is 11.1 Å². The summed E-state index contributed by atoms with van der Waals surface area (Å²) < 4.78 is 10.5. The average molecular weight is 568 g/mol. The van der Waals surface area contributed by atoms with Crippen LogP contribution < -0.4 is 10.6 Å². The molecular weight excluding hydrogens is 522 g/mol. The lowest BCUT2D eigenvalue weighted by Gasteiger charge is -2.21. The Hall–Kier alpha value is -3.88. The van der Waals surface area contributed by atoms with Crippen LogP contribution >= 0.6 is 0 Å². The molecule has 2 rings (SSSR count). The van der Waals surface area contributed by atoms with Gasteiger partial charge in [-0.3, -0.25) is 14.4 Å². The zero-order valence-electron chi connectivity index (χ0n) is 25.4. The van der Waals surface area contributed by atoms with Gasteiger partial charge in [-0.15, -0.1) is 0 Å². The molecule has 0 spiro atoms. The minimum Gasteiger partial charge on any atom is -0.463 e. The van der Waals surface area contributed by atoms with Gasteiger partial charge in [0.25, 0.3) is 0 Å². The first-order valence-electron chi connectivity index (χ1n) is 13.9. The van der Waals surface area contributed by atoms with E-state index in [9.17, 15) is 19.2 Å². The second-order valence-corrected chi connectivity index (χ2v) is 12.4. The Morgan fingerprint density at radius 3 is 2.07 bits per heavy atom. The summed E-state index contributed by atoms with van der Waals surface area (Å²) in [6.45, 7) is 11.8. The lowest BCUT2D eigenvalue weighted by Crippen LogP contribution is -2.45. The molecule has 224 valence electrons. The van der Waals surface area contributed by atoms with E-state index in [-0.39, 0.29) is 43.0 Å². The zero-order valence-corrected chi connectivity index (χ0v) is 25.4. The van der Waals surface area contributed by atoms with Gasteiger partial charge in [-0.1, -0.05) is 63.2 Å². The summed E-state index contributed by atoms with van der Waals surface area (Å²) >= 11 is 0. The summed E-state index contributed by atoms with van der Waals surface area (Å²) in [4.78, 5) is 51.3. The van der Waals surface area contributed by atoms with Gasteiger partial charge >= 0.3 is 12.1 Å². The molecule has 3 amide bonds. The number of likely N-dealkylation sites (N-methyl/N-ethyl adjacent to an activating group) is 1. The Morgan fingerprint density at radius 2 is 1.49 bits per heavy atom. The van der Waals surface area contributed by atoms with Gasteiger partial charge in [0, 0.05) is 25.6 Å². The van der Waals surface area contributed by atoms with E-state index in [1.807, 2.05) is 30.3 Å². The maximum Gasteiger partial charge on any atom is 0.409 e. The fraction of sp³-hybridized carbons (Fsp3) is 0.500. The lowest BCUT2D eigenvalue weighted by molar-refractivity contribution is -0.153. The molecule has 0 unspecified atom stereocenters. The smallest absolute Gasteiger partial charge is 0.409 e. The van der Waals surface area contributed by atoms with Crippen molar-refractivity contribution in [1.82, 2.24) is 10.2 Å². The summed E-state index contributed by atoms with van der Waals surface area (Å²) in [5.74, 6) is -0.808. The number of esters is 1. The van der Waals surface area contributed by atoms with Crippen molar-refractivity contribution < 1.29 is 28.7 Å². The summed E-state index contributed by atoms with van der Waals surface area (Å²) in [5.41, 5.74) is 1.65. The number of rotatable bonds is 12. The minimum absolute atomic E-state index is 0.0148. The third-order valence-electron chi connectivity index (χ3n) is 6.20. The summed E-state index contributed by atoms with van der Waals surface area (Å²) in [6.07, 6.45) is 0.878. The molecule has 0 radical (unpaired) electrons. The number of carbonyl (C=O) groups excluding carboxylic acids is 4. The van der Waals surface area contributed by atoms with E-state index in [1.54, 1.807) is 52.1 Å². The lowest BCUT2D eigenvalue weighted by atomic mass is 9.90. The Balaban J connectivity index is 1.90. The molecule has 0 aliphatic rings. The molecule has 1 atom stereocenters. The van der Waals surface area contributed by atoms with Crippen LogP contribution in [-0.2, 0) is 36.9 Å². The average Bonchev–Trinajstić information content (AvgIpc) is 2.90. The fourth-order valence-corrected chi connectivity index (χ4v) is 3.57. The van der Waals surface area contributed by atoms with E-state index >= 15 is 0 Å². The third kappa shape index (κ3) is 12.9. The van der Waals surface area contributed by atoms with E-state index < -0.39 is 17.6 Å². The van der Waals surface area contributed by atoms with E-state index in [1.165, 1.54) is 4.90 Å². The number of amides is 3. The number of anilines is 1. The Morgan fingerprint density at radius 1 is 0.854 bits per heavy atom. The van der Waals surface area contributed by atoms with Crippen molar-refractivity contribution in [2.45, 2.75) is 73.5 Å². The maximum atomic E-state index is 13.2. The number of benzene rings is 2. The highest BCUT2D eigenvalue weighted by Crippen LogP contribution is 2.20. The molecule has 2 aromatic rings. The molecule has 0 heterocycles. The highest BCUT2D eigenvalue weighted by Gasteiger charge is 2.24. The Kier molecular flexibility index (Phi) is 12.4. The molecule has 0 aliphatic heterocycles. The van der Waals surface area contributed by atoms with Crippen molar-refractivity contribution in [2.75, 3.05) is 25.5 Å². The van der Waals surface area contributed by atoms with Gasteiger partial charge in [0.15, 0.2) is 0 Å². The van der Waals surface area contributed by atoms with Crippen LogP contribution in [0.2, 0.25) is 0 Å². The second-order valence-electron chi connectivity index (χ2n) is 12.4. The minimum atomic E-state index is -0.733. The van der Waals surface area contributed by atoms with Crippen molar-refractivity contribution in [3.05, 3.63) is 65.7 Å². The molecule has 41 heavy (non-hydrogen) atoms. The van der Waals surface area contributed by atoms with Crippen molar-refractivity contribution in [2.24, 2.45) is 10.8 Å². The molecule has 0 aromatic heterocycles. The second kappa shape index (κ2) is 15.2. The van der Waals surface area contributed by atoms with Crippen LogP contribution in [0.3, 0.4) is 0 Å². The predicted molar refractivity (Wildman–Crippen MR) is 159 cm³/mol. The van der Waals surface area contributed by atoms with Crippen LogP contribution in [0.4, 0.5) is 10.5 Å². The topological polar surface area (TPSA) is 114 Å². The van der Waals surface area contributed by atoms with E-state index in [2.05, 4.69) is 31.4 Å². The fourth-order valence-electron chi connectivity index (χ4n) is 3.57. The van der Waals surface area contributed by atoms with E-state index in [0.29, 0.717) is 24.9 Å². The molecule has 2 N–H and O–H groups in total. The summed E-state index contributed by atoms with van der Waals surface area (Å²) in [7, 11) is 1.57. The predicted octanol–water partition coefficient (Wildman–Crippen LogP) is 5.34. The maximum absolute atomic E-state index is 13.2. The van der Waals surface area contributed by atoms with Crippen molar-refractivity contribution >= 4 is 29.6 Å². The van der Waals surface area contributed by atoms with Gasteiger partial charge < -0.3 is 25.0 Å². The van der Waals surface area contributed by atoms with Gasteiger partial charge in [0.1, 0.15) is 19.3 Å². The van der Waals surface area contributed by atoms with Crippen molar-refractivity contribution in [3.63, 3.8) is 0 Å². The SMILES string of the molecule is CN(CCOC(=O)C(C)(C)C)C(=O)OCc1ccc(NC(=O)[C@@H](Cc2ccccc2)NC(=O)CCC(C)(C)C)cc1. The Bertz CT molecular complexity index is 1150. The molecule has 0 fully saturated rings. The number of nitrogens with one attached hydrogen (secondary N) is 2. The third-order valence-corrected chi connectivity index (χ3v) is 6.20. The quantitative estimate of drug-likeness (QED) is 0.335. The largest absolute Gasteiger partial charge is 0.463 e. The van der Waals surface area contributed by atoms with Crippen molar-refractivity contribution in [1.29, 1.82) is 0 Å². The van der Waals surface area contributed by atoms with Crippen LogP contribution in [0.5, 0.6) is 0 Å². The molecule has 0 aliphatic carbocycles. The molecule has 2 aromatic carbocycles. The van der Waals surface area contributed by atoms with Gasteiger partial charge in [0.2, 0.25) is 11.8 Å². The molecule has 9 heteroatoms. The first kappa shape index (κ1) is 33.3. The standard InChI is InChI=1S/C32H45N3O6/c1-31(2,3)18-17-27(36)34-26(21-23-11-9-8-10-12-23)28(37)33-25-15-13-24(14-16-25)22-41-30(39)35(7)19-20-40-29(38)32(4,5)6/h8-16,26H,17-22H2,1-7H3,(H,33,37)(H,34,36)/t26-/m1/s1. The first-order chi connectivity index (χ1) is 19.1. The first-order valence-corrected chi connectivity index (χ1v) is 13.9. The summed E-state index contributed by atoms with van der Waals surface area (Å²) in [5, 5.41) is 5.78. The number of ether oxygens (including phenoxy) is 2. The van der Waals surface area contributed by atoms with Crippen LogP contribution in [0.25, 0.3) is 0 Å². The normalized spacial score (nSPS) is 12.2. The molecule has 0 saturated carbocycles. The highest BCUT2D eigenvalue weighted by molar-refractivity contribution is 5.97. The van der Waals surface area contributed by atoms with Gasteiger partial charge in [-0.2, -0.15) is 0 Å². The molecule has 9 nitrogen and oxygen atoms in total.